The van der Waals surface area contributed by atoms with Crippen LogP contribution in [0.2, 0.25) is 0 Å². The summed E-state index contributed by atoms with van der Waals surface area (Å²) in [6.45, 7) is 6.79. The Bertz CT molecular complexity index is 582. The number of thiophene rings is 1. The minimum absolute atomic E-state index is 0. The number of nitrogens with zero attached hydrogens (tertiary/aromatic N) is 1. The first kappa shape index (κ1) is 19.5. The smallest absolute Gasteiger partial charge is 0.251 e. The number of carbonyl (C=O) groups excluding carboxylic acids is 1. The Kier molecular flexibility index (Phi) is 8.09. The van der Waals surface area contributed by atoms with Gasteiger partial charge >= 0.3 is 0 Å². The highest BCUT2D eigenvalue weighted by atomic mass is 35.5. The van der Waals surface area contributed by atoms with Gasteiger partial charge in [0.15, 0.2) is 0 Å². The molecule has 1 heterocycles. The maximum Gasteiger partial charge on any atom is 0.251 e. The van der Waals surface area contributed by atoms with Crippen LogP contribution in [-0.4, -0.2) is 30.4 Å². The fourth-order valence-electron chi connectivity index (χ4n) is 2.51. The second-order valence-corrected chi connectivity index (χ2v) is 5.91. The molecule has 1 amide bonds. The molecule has 0 saturated carbocycles. The number of likely N-dealkylation sites (N-methyl/N-ethyl adjacent to an activating group) is 1. The molecule has 2 aromatic rings. The van der Waals surface area contributed by atoms with Crippen LogP contribution in [0.1, 0.15) is 35.8 Å². The average Bonchev–Trinajstić information content (AvgIpc) is 3.06. The summed E-state index contributed by atoms with van der Waals surface area (Å²) >= 11 is 1.69. The van der Waals surface area contributed by atoms with Gasteiger partial charge < -0.3 is 11.1 Å². The predicted molar refractivity (Wildman–Crippen MR) is 100 cm³/mol. The number of nitrogen functional groups attached to an aromatic ring is 1. The van der Waals surface area contributed by atoms with Crippen molar-refractivity contribution in [2.45, 2.75) is 19.9 Å². The van der Waals surface area contributed by atoms with Crippen LogP contribution in [-0.2, 0) is 0 Å². The number of nitrogens with one attached hydrogen (secondary N) is 1. The maximum absolute atomic E-state index is 12.3. The van der Waals surface area contributed by atoms with Crippen LogP contribution < -0.4 is 11.1 Å². The Morgan fingerprint density at radius 2 is 1.87 bits per heavy atom. The number of carbonyl (C=O) groups is 1. The molecule has 0 bridgehead atoms. The van der Waals surface area contributed by atoms with E-state index in [4.69, 9.17) is 5.73 Å². The molecular weight excluding hydrogens is 330 g/mol. The van der Waals surface area contributed by atoms with Gasteiger partial charge in [-0.05, 0) is 59.7 Å². The highest BCUT2D eigenvalue weighted by Gasteiger charge is 2.19. The molecule has 0 fully saturated rings. The van der Waals surface area contributed by atoms with E-state index in [2.05, 4.69) is 40.9 Å². The van der Waals surface area contributed by atoms with Gasteiger partial charge in [-0.3, -0.25) is 9.69 Å². The Labute approximate surface area is 148 Å². The molecule has 0 saturated heterocycles. The first-order chi connectivity index (χ1) is 10.7. The quantitative estimate of drug-likeness (QED) is 0.748. The molecule has 3 N–H and O–H groups in total. The molecule has 0 radical (unpaired) electrons. The maximum atomic E-state index is 12.3. The Balaban J connectivity index is 0.00000264. The summed E-state index contributed by atoms with van der Waals surface area (Å²) in [6, 6.07) is 9.33. The van der Waals surface area contributed by atoms with Crippen LogP contribution in [0.25, 0.3) is 0 Å². The van der Waals surface area contributed by atoms with Crippen LogP contribution in [0.3, 0.4) is 0 Å². The molecule has 0 aliphatic carbocycles. The van der Waals surface area contributed by atoms with E-state index >= 15 is 0 Å². The number of anilines is 1. The molecular formula is C17H24ClN3OS. The lowest BCUT2D eigenvalue weighted by Gasteiger charge is -2.29. The van der Waals surface area contributed by atoms with Gasteiger partial charge in [0.25, 0.3) is 5.91 Å². The number of hydrogen-bond acceptors (Lipinski definition) is 4. The molecule has 126 valence electrons. The number of amides is 1. The second-order valence-electron chi connectivity index (χ2n) is 5.13. The van der Waals surface area contributed by atoms with Crippen LogP contribution >= 0.6 is 23.7 Å². The van der Waals surface area contributed by atoms with Crippen molar-refractivity contribution in [2.75, 3.05) is 25.4 Å². The zero-order chi connectivity index (χ0) is 15.9. The van der Waals surface area contributed by atoms with E-state index in [-0.39, 0.29) is 24.4 Å². The van der Waals surface area contributed by atoms with E-state index in [1.165, 1.54) is 5.56 Å². The third-order valence-electron chi connectivity index (χ3n) is 3.81. The first-order valence-corrected chi connectivity index (χ1v) is 8.49. The highest BCUT2D eigenvalue weighted by Crippen LogP contribution is 2.22. The molecule has 1 unspecified atom stereocenters. The molecule has 6 heteroatoms. The standard InChI is InChI=1S/C17H23N3OS.ClH/c1-3-20(4-2)16(14-9-10-22-12-14)11-19-17(21)13-5-7-15(18)8-6-13;/h5-10,12,16H,3-4,11,18H2,1-2H3,(H,19,21);1H. The summed E-state index contributed by atoms with van der Waals surface area (Å²) in [7, 11) is 0. The van der Waals surface area contributed by atoms with Gasteiger partial charge in [0.1, 0.15) is 0 Å². The summed E-state index contributed by atoms with van der Waals surface area (Å²) in [4.78, 5) is 14.6. The highest BCUT2D eigenvalue weighted by molar-refractivity contribution is 7.07. The van der Waals surface area contributed by atoms with Crippen molar-refractivity contribution in [3.05, 3.63) is 52.2 Å². The second kappa shape index (κ2) is 9.55. The molecule has 0 aliphatic heterocycles. The van der Waals surface area contributed by atoms with Crippen LogP contribution in [0.5, 0.6) is 0 Å². The van der Waals surface area contributed by atoms with Crippen LogP contribution in [0.4, 0.5) is 5.69 Å². The monoisotopic (exact) mass is 353 g/mol. The minimum atomic E-state index is -0.0626. The molecule has 1 atom stereocenters. The van der Waals surface area contributed by atoms with Crippen molar-refractivity contribution in [1.29, 1.82) is 0 Å². The largest absolute Gasteiger partial charge is 0.399 e. The third-order valence-corrected chi connectivity index (χ3v) is 4.51. The third kappa shape index (κ3) is 5.23. The van der Waals surface area contributed by atoms with Crippen molar-refractivity contribution < 1.29 is 4.79 Å². The van der Waals surface area contributed by atoms with Gasteiger partial charge in [0.05, 0.1) is 6.04 Å². The van der Waals surface area contributed by atoms with E-state index in [1.54, 1.807) is 35.6 Å². The van der Waals surface area contributed by atoms with Crippen molar-refractivity contribution >= 4 is 35.3 Å². The van der Waals surface area contributed by atoms with E-state index < -0.39 is 0 Å². The zero-order valence-electron chi connectivity index (χ0n) is 13.5. The SMILES string of the molecule is CCN(CC)C(CNC(=O)c1ccc(N)cc1)c1ccsc1.Cl. The lowest BCUT2D eigenvalue weighted by atomic mass is 10.1. The van der Waals surface area contributed by atoms with Crippen molar-refractivity contribution in [3.63, 3.8) is 0 Å². The predicted octanol–water partition coefficient (Wildman–Crippen LogP) is 3.57. The van der Waals surface area contributed by atoms with Gasteiger partial charge in [-0.1, -0.05) is 13.8 Å². The van der Waals surface area contributed by atoms with Crippen LogP contribution in [0.15, 0.2) is 41.1 Å². The number of hydrogen-bond donors (Lipinski definition) is 2. The molecule has 0 spiro atoms. The normalized spacial score (nSPS) is 11.8. The molecule has 4 nitrogen and oxygen atoms in total. The summed E-state index contributed by atoms with van der Waals surface area (Å²) < 4.78 is 0. The Hall–Kier alpha value is -1.56. The van der Waals surface area contributed by atoms with Gasteiger partial charge in [-0.25, -0.2) is 0 Å². The summed E-state index contributed by atoms with van der Waals surface area (Å²) in [5.74, 6) is -0.0626. The lowest BCUT2D eigenvalue weighted by Crippen LogP contribution is -2.37. The first-order valence-electron chi connectivity index (χ1n) is 7.55. The van der Waals surface area contributed by atoms with Crippen molar-refractivity contribution in [1.82, 2.24) is 10.2 Å². The summed E-state index contributed by atoms with van der Waals surface area (Å²) in [5.41, 5.74) is 8.21. The van der Waals surface area contributed by atoms with Gasteiger partial charge in [-0.15, -0.1) is 12.4 Å². The van der Waals surface area contributed by atoms with E-state index in [0.717, 1.165) is 13.1 Å². The van der Waals surface area contributed by atoms with Crippen LogP contribution in [0, 0.1) is 0 Å². The fraction of sp³-hybridized carbons (Fsp3) is 0.353. The zero-order valence-corrected chi connectivity index (χ0v) is 15.1. The topological polar surface area (TPSA) is 58.4 Å². The Morgan fingerprint density at radius 3 is 2.39 bits per heavy atom. The van der Waals surface area contributed by atoms with Gasteiger partial charge in [0.2, 0.25) is 0 Å². The lowest BCUT2D eigenvalue weighted by molar-refractivity contribution is 0.0935. The van der Waals surface area contributed by atoms with Crippen molar-refractivity contribution in [3.8, 4) is 0 Å². The van der Waals surface area contributed by atoms with Gasteiger partial charge in [0, 0.05) is 17.8 Å². The van der Waals surface area contributed by atoms with Gasteiger partial charge in [-0.2, -0.15) is 11.3 Å². The molecule has 0 aliphatic rings. The average molecular weight is 354 g/mol. The van der Waals surface area contributed by atoms with Crippen molar-refractivity contribution in [2.24, 2.45) is 0 Å². The number of rotatable bonds is 7. The molecule has 23 heavy (non-hydrogen) atoms. The number of halogens is 1. The van der Waals surface area contributed by atoms with E-state index in [1.807, 2.05) is 0 Å². The molecule has 1 aromatic heterocycles. The van der Waals surface area contributed by atoms with E-state index in [9.17, 15) is 4.79 Å². The summed E-state index contributed by atoms with van der Waals surface area (Å²) in [5, 5.41) is 7.27. The molecule has 2 rings (SSSR count). The number of nitrogens with two attached hydrogens (primary N) is 1. The Morgan fingerprint density at radius 1 is 1.22 bits per heavy atom. The molecule has 1 aromatic carbocycles. The van der Waals surface area contributed by atoms with E-state index in [0.29, 0.717) is 17.8 Å². The summed E-state index contributed by atoms with van der Waals surface area (Å²) in [6.07, 6.45) is 0. The fourth-order valence-corrected chi connectivity index (χ4v) is 3.22. The minimum Gasteiger partial charge on any atom is -0.399 e. The number of benzene rings is 1.